The van der Waals surface area contributed by atoms with E-state index in [0.717, 1.165) is 0 Å². The van der Waals surface area contributed by atoms with Crippen LogP contribution in [0.1, 0.15) is 108 Å². The molecule has 0 spiro atoms. The first-order valence-corrected chi connectivity index (χ1v) is 32.5. The Morgan fingerprint density at radius 3 is 0.528 bits per heavy atom. The van der Waals surface area contributed by atoms with Gasteiger partial charge in [0.15, 0.2) is 26.4 Å². The molecule has 8 aromatic rings. The van der Waals surface area contributed by atoms with Crippen LogP contribution in [0.3, 0.4) is 0 Å². The molecule has 12 N–H and O–H groups in total. The van der Waals surface area contributed by atoms with E-state index in [-0.39, 0.29) is 139 Å². The maximum Gasteiger partial charge on any atom is 0.341 e. The highest BCUT2D eigenvalue weighted by molar-refractivity contribution is 5.90. The number of carbonyl (C=O) groups is 12. The molecular formula is C76H68N4O28. The Kier molecular flexibility index (Phi) is 25.2. The first kappa shape index (κ1) is 77.9. The Morgan fingerprint density at radius 1 is 0.241 bits per heavy atom. The predicted molar refractivity (Wildman–Crippen MR) is 378 cm³/mol. The third kappa shape index (κ3) is 21.0. The molecule has 8 aromatic carbocycles. The molecule has 0 unspecified atom stereocenters. The van der Waals surface area contributed by atoms with Crippen molar-refractivity contribution >= 4 is 94.4 Å². The summed E-state index contributed by atoms with van der Waals surface area (Å²) >= 11 is 0. The van der Waals surface area contributed by atoms with Crippen molar-refractivity contribution in [3.8, 4) is 23.0 Å². The summed E-state index contributed by atoms with van der Waals surface area (Å²) in [6.07, 6.45) is -2.41. The van der Waals surface area contributed by atoms with Gasteiger partial charge >= 0.3 is 71.6 Å². The van der Waals surface area contributed by atoms with Gasteiger partial charge in [-0.1, -0.05) is 48.5 Å². The molecule has 0 saturated carbocycles. The van der Waals surface area contributed by atoms with Gasteiger partial charge in [0.1, 0.15) is 49.2 Å². The van der Waals surface area contributed by atoms with E-state index in [2.05, 4.69) is 0 Å². The van der Waals surface area contributed by atoms with Gasteiger partial charge in [0.2, 0.25) is 0 Å². The Bertz CT molecular complexity index is 4130. The molecule has 0 fully saturated rings. The van der Waals surface area contributed by atoms with Crippen LogP contribution < -0.4 is 38.5 Å². The number of carboxylic acid groups (broad SMARTS) is 12. The van der Waals surface area contributed by atoms with Crippen LogP contribution >= 0.6 is 0 Å². The summed E-state index contributed by atoms with van der Waals surface area (Å²) in [4.78, 5) is 158. The SMILES string of the molecule is O=C(O)COc1c2cc(N(CC(=O)O)Cc3ccc(C(=O)O)cc3)cc1Cc1cc(N(CC(=O)O)Cc3ccc(C(=O)O)cc3)cc(c1OCC(=O)O)Cc1cc(N(CC(=O)O)Cc3ccc(C(=O)O)cc3)cc(c1OCC(=O)O)Cc1cc(N(CC(=O)O)Cc3ccc(C(=O)O)cc3)cc(c1OCC(=O)O)C2. The molecule has 32 heteroatoms. The van der Waals surface area contributed by atoms with Crippen LogP contribution in [-0.2, 0) is 90.2 Å². The smallest absolute Gasteiger partial charge is 0.341 e. The highest BCUT2D eigenvalue weighted by Crippen LogP contribution is 2.45. The third-order valence-corrected chi connectivity index (χ3v) is 16.9. The van der Waals surface area contributed by atoms with Crippen molar-refractivity contribution in [1.82, 2.24) is 0 Å². The van der Waals surface area contributed by atoms with Crippen molar-refractivity contribution in [2.24, 2.45) is 0 Å². The molecule has 0 aromatic heterocycles. The van der Waals surface area contributed by atoms with Gasteiger partial charge in [-0.2, -0.15) is 0 Å². The van der Waals surface area contributed by atoms with Crippen molar-refractivity contribution in [3.05, 3.63) is 235 Å². The molecule has 32 nitrogen and oxygen atoms in total. The standard InChI is InChI=1S/C76H68N4O28/c81-61(82)33-77(29-41-1-9-45(10-2-41)73(97)98)57-21-49-17-51-23-58(78(34-62(83)84)30-42-3-11-46(12-4-42)74(99)100)25-53(70(51)106-38-66(91)92)19-55-27-60(80(36-64(87)88)32-44-7-15-48(16-8-44)76(103)104)28-56(72(55)108-40-68(95)96)20-54-26-59(79(35-63(85)86)31-43-5-13-47(14-6-43)75(101)102)24-52(71(54)107-39-67(93)94)18-50(22-57)69(49)105-37-65(89)90/h1-16,21-28H,17-20,29-40H2,(H,81,82)(H,83,84)(H,85,86)(H,87,88)(H,89,90)(H,91,92)(H,93,94)(H,95,96)(H,97,98)(H,99,100)(H,101,102)(H,103,104). The number of aromatic carboxylic acids is 4. The Morgan fingerprint density at radius 2 is 0.398 bits per heavy atom. The fourth-order valence-corrected chi connectivity index (χ4v) is 12.3. The Hall–Kier alpha value is -14.2. The molecule has 0 aliphatic heterocycles. The van der Waals surface area contributed by atoms with Crippen molar-refractivity contribution in [2.45, 2.75) is 51.9 Å². The van der Waals surface area contributed by atoms with E-state index in [9.17, 15) is 119 Å². The number of fused-ring (bicyclic) bond motifs is 8. The van der Waals surface area contributed by atoms with Gasteiger partial charge in [-0.05, 0) is 119 Å². The van der Waals surface area contributed by atoms with E-state index < -0.39 is 150 Å². The first-order valence-electron chi connectivity index (χ1n) is 32.5. The summed E-state index contributed by atoms with van der Waals surface area (Å²) in [5.74, 6) is -18.2. The van der Waals surface area contributed by atoms with Crippen molar-refractivity contribution in [1.29, 1.82) is 0 Å². The van der Waals surface area contributed by atoms with Crippen LogP contribution in [-0.4, -0.2) is 186 Å². The number of hydrogen-bond acceptors (Lipinski definition) is 20. The second-order valence-corrected chi connectivity index (χ2v) is 24.8. The van der Waals surface area contributed by atoms with Crippen molar-refractivity contribution in [2.75, 3.05) is 72.2 Å². The predicted octanol–water partition coefficient (Wildman–Crippen LogP) is 7.37. The van der Waals surface area contributed by atoms with Crippen LogP contribution in [0.25, 0.3) is 0 Å². The monoisotopic (exact) mass is 1480 g/mol. The highest BCUT2D eigenvalue weighted by atomic mass is 16.5. The normalized spacial score (nSPS) is 11.4. The van der Waals surface area contributed by atoms with E-state index in [1.807, 2.05) is 0 Å². The molecule has 9 rings (SSSR count). The van der Waals surface area contributed by atoms with E-state index in [1.54, 1.807) is 0 Å². The fraction of sp³-hybridized carbons (Fsp3) is 0.211. The zero-order valence-electron chi connectivity index (χ0n) is 56.9. The topological polar surface area (TPSA) is 497 Å². The zero-order valence-corrected chi connectivity index (χ0v) is 56.9. The van der Waals surface area contributed by atoms with Crippen LogP contribution in [0, 0.1) is 0 Å². The summed E-state index contributed by atoms with van der Waals surface area (Å²) in [6.45, 7) is -9.02. The molecule has 1 aliphatic carbocycles. The Balaban J connectivity index is 1.47. The van der Waals surface area contributed by atoms with Gasteiger partial charge in [0.05, 0.1) is 22.3 Å². The van der Waals surface area contributed by atoms with Gasteiger partial charge in [-0.3, -0.25) is 19.2 Å². The number of anilines is 4. The average Bonchev–Trinajstić information content (AvgIpc) is 0.764. The lowest BCUT2D eigenvalue weighted by atomic mass is 9.89. The number of carboxylic acids is 12. The lowest BCUT2D eigenvalue weighted by Crippen LogP contribution is -2.30. The van der Waals surface area contributed by atoms with E-state index in [4.69, 9.17) is 18.9 Å². The van der Waals surface area contributed by atoms with Crippen LogP contribution in [0.5, 0.6) is 23.0 Å². The van der Waals surface area contributed by atoms with Crippen molar-refractivity contribution in [3.63, 3.8) is 0 Å². The molecule has 8 bridgehead atoms. The molecule has 0 heterocycles. The second-order valence-electron chi connectivity index (χ2n) is 24.8. The summed E-state index contributed by atoms with van der Waals surface area (Å²) in [5, 5.41) is 124. The summed E-state index contributed by atoms with van der Waals surface area (Å²) < 4.78 is 25.2. The van der Waals surface area contributed by atoms with E-state index in [1.165, 1.54) is 165 Å². The number of aliphatic carboxylic acids is 8. The number of nitrogens with zero attached hydrogens (tertiary/aromatic N) is 4. The Labute approximate surface area is 611 Å². The van der Waals surface area contributed by atoms with Crippen LogP contribution in [0.4, 0.5) is 22.7 Å². The first-order chi connectivity index (χ1) is 51.3. The molecule has 0 saturated heterocycles. The quantitative estimate of drug-likeness (QED) is 0.0182. The minimum atomic E-state index is -1.55. The van der Waals surface area contributed by atoms with Gasteiger partial charge in [-0.15, -0.1) is 0 Å². The second kappa shape index (κ2) is 34.9. The van der Waals surface area contributed by atoms with Crippen LogP contribution in [0.2, 0.25) is 0 Å². The molecule has 108 heavy (non-hydrogen) atoms. The van der Waals surface area contributed by atoms with Crippen molar-refractivity contribution < 1.29 is 138 Å². The number of benzene rings is 8. The number of rotatable bonds is 36. The van der Waals surface area contributed by atoms with Gasteiger partial charge in [-0.25, -0.2) is 38.4 Å². The average molecular weight is 1490 g/mol. The molecule has 0 atom stereocenters. The van der Waals surface area contributed by atoms with Gasteiger partial charge in [0, 0.05) is 119 Å². The minimum Gasteiger partial charge on any atom is -0.481 e. The van der Waals surface area contributed by atoms with Gasteiger partial charge in [0.25, 0.3) is 0 Å². The highest BCUT2D eigenvalue weighted by Gasteiger charge is 2.30. The molecule has 1 aliphatic rings. The summed E-state index contributed by atoms with van der Waals surface area (Å²) in [7, 11) is 0. The lowest BCUT2D eigenvalue weighted by Gasteiger charge is -2.30. The summed E-state index contributed by atoms with van der Waals surface area (Å²) in [5.41, 5.74) is 0.330. The largest absolute Gasteiger partial charge is 0.481 e. The zero-order chi connectivity index (χ0) is 78.2. The molecule has 0 amide bonds. The molecule has 560 valence electrons. The lowest BCUT2D eigenvalue weighted by molar-refractivity contribution is -0.140. The van der Waals surface area contributed by atoms with Gasteiger partial charge < -0.3 is 99.8 Å². The van der Waals surface area contributed by atoms with E-state index >= 15 is 0 Å². The number of hydrogen-bond donors (Lipinski definition) is 12. The number of ether oxygens (including phenoxy) is 4. The molecular weight excluding hydrogens is 1420 g/mol. The third-order valence-electron chi connectivity index (χ3n) is 16.9. The maximum absolute atomic E-state index is 13.2. The van der Waals surface area contributed by atoms with E-state index in [0.29, 0.717) is 22.3 Å². The summed E-state index contributed by atoms with van der Waals surface area (Å²) in [6, 6.07) is 32.6. The fourth-order valence-electron chi connectivity index (χ4n) is 12.3. The minimum absolute atomic E-state index is 0.00312. The van der Waals surface area contributed by atoms with Crippen LogP contribution in [0.15, 0.2) is 146 Å². The molecule has 0 radical (unpaired) electrons. The maximum atomic E-state index is 13.2.